The number of ketones is 1. The van der Waals surface area contributed by atoms with Crippen LogP contribution in [0.2, 0.25) is 0 Å². The molecule has 1 aliphatic heterocycles. The van der Waals surface area contributed by atoms with Gasteiger partial charge in [-0.25, -0.2) is 0 Å². The molecule has 77 heavy (non-hydrogen) atoms. The molecule has 2 aromatic heterocycles. The quantitative estimate of drug-likeness (QED) is 0.0825. The average Bonchev–Trinajstić information content (AvgIpc) is 4.27. The molecule has 5 fully saturated rings. The molecular weight excluding hydrogens is 1260 g/mol. The van der Waals surface area contributed by atoms with E-state index >= 15 is 0 Å². The molecule has 16 heteroatoms. The molecule has 0 aromatic carbocycles. The zero-order valence-corrected chi connectivity index (χ0v) is 55.3. The van der Waals surface area contributed by atoms with Gasteiger partial charge in [0.2, 0.25) is 0 Å². The van der Waals surface area contributed by atoms with Crippen molar-refractivity contribution in [2.45, 2.75) is 136 Å². The minimum absolute atomic E-state index is 0. The number of hydrogen-bond donors (Lipinski definition) is 0. The molecule has 1 N–H and O–H groups in total. The smallest absolute Gasteiger partial charge is 0.490 e. The van der Waals surface area contributed by atoms with Gasteiger partial charge in [-0.1, -0.05) is 80.8 Å². The monoisotopic (exact) mass is 1330 g/mol. The molecule has 3 unspecified atom stereocenters. The summed E-state index contributed by atoms with van der Waals surface area (Å²) in [6.45, 7) is 18.1. The van der Waals surface area contributed by atoms with Crippen molar-refractivity contribution in [2.75, 3.05) is 0 Å². The van der Waals surface area contributed by atoms with E-state index in [1.165, 1.54) is 76.3 Å². The van der Waals surface area contributed by atoms with Crippen LogP contribution in [0.4, 0.5) is 11.6 Å². The maximum absolute atomic E-state index is 11.4. The fourth-order valence-corrected chi connectivity index (χ4v) is 10.6. The summed E-state index contributed by atoms with van der Waals surface area (Å²) >= 11 is 6.84. The third-order valence-corrected chi connectivity index (χ3v) is 16.8. The summed E-state index contributed by atoms with van der Waals surface area (Å²) in [6, 6.07) is 10.6. The first-order valence-corrected chi connectivity index (χ1v) is 28.4. The van der Waals surface area contributed by atoms with Gasteiger partial charge >= 0.3 is 7.12 Å². The molecule has 8 aliphatic carbocycles. The van der Waals surface area contributed by atoms with E-state index in [1.807, 2.05) is 31.2 Å². The number of aryl methyl sites for hydroxylation is 1. The summed E-state index contributed by atoms with van der Waals surface area (Å²) in [5.41, 5.74) is 19.3. The van der Waals surface area contributed by atoms with E-state index in [2.05, 4.69) is 153 Å². The van der Waals surface area contributed by atoms with E-state index in [4.69, 9.17) is 30.8 Å². The number of rotatable bonds is 13. The number of pyridine rings is 2. The number of aromatic nitrogens is 2. The fourth-order valence-electron chi connectivity index (χ4n) is 9.61. The molecule has 3 atom stereocenters. The Hall–Kier alpha value is -2.98. The summed E-state index contributed by atoms with van der Waals surface area (Å²) in [5.74, 6) is 4.51. The van der Waals surface area contributed by atoms with Crippen LogP contribution in [0, 0.1) is 90.3 Å². The van der Waals surface area contributed by atoms with Gasteiger partial charge in [0.05, 0.1) is 29.4 Å². The Morgan fingerprint density at radius 2 is 1.31 bits per heavy atom. The number of carbonyl (C=O) groups is 1. The molecule has 4 saturated carbocycles. The van der Waals surface area contributed by atoms with Crippen LogP contribution in [0.1, 0.15) is 140 Å². The molecular formula is C61H69BBr2N7O3PY2-4. The Bertz CT molecular complexity index is 2910. The second-order valence-corrected chi connectivity index (χ2v) is 24.0. The molecule has 0 amide bonds. The van der Waals surface area contributed by atoms with Gasteiger partial charge in [0.1, 0.15) is 0 Å². The van der Waals surface area contributed by atoms with Crippen LogP contribution < -0.4 is 0 Å². The maximum Gasteiger partial charge on any atom is 0.490 e. The molecule has 1 saturated heterocycles. The van der Waals surface area contributed by atoms with Gasteiger partial charge in [-0.3, -0.25) is 4.79 Å². The van der Waals surface area contributed by atoms with E-state index in [0.717, 1.165) is 65.3 Å². The van der Waals surface area contributed by atoms with Crippen LogP contribution in [0.3, 0.4) is 0 Å². The minimum atomic E-state index is -0.288. The molecule has 3 heterocycles. The standard InChI is InChI=1S/C17H24BNO2.C17H17N3.C11H10BrN.C9H9BrO.C7H9N2P.2Y/c1-16(2)17(3,4)21-18(20-16)14-8-7-13(11-14)15(9-10-19)12-5-6-12;1-11-15(7-9-20-17(11)19)13-4-5-14(10-13)16(6-8-18)12-2-3-12;12-10-4-3-9(7-10)11(5-6-13)8-1-2-8;10-8-4-3-7(5-8)9(11)6-1-2-6;1-5-3-4-8-7(9-10)6(5)2;;/h7,11-12,15H,5-6,8-9H2,1-4H3;5,7,9-10,12,16H,1-4,6H2,(H-,19,20);3,5,7-8H,1-2,4H2;3,5-6H,1-2,4H2;3-4H,2,10H2,1H3;;/q;-2;;;-2;;/b;;11-5+;;;;. The zero-order valence-electron chi connectivity index (χ0n) is 45.3. The number of carbonyl (C=O) groups excluding carboxylic acids is 1. The second kappa shape index (κ2) is 29.7. The van der Waals surface area contributed by atoms with Gasteiger partial charge < -0.3 is 30.1 Å². The number of allylic oxidation sites excluding steroid dienone is 18. The van der Waals surface area contributed by atoms with Crippen LogP contribution in [0.25, 0.3) is 16.4 Å². The topological polar surface area (TPSA) is 171 Å². The van der Waals surface area contributed by atoms with E-state index in [9.17, 15) is 4.79 Å². The third-order valence-electron chi connectivity index (χ3n) is 15.5. The third kappa shape index (κ3) is 18.0. The normalized spacial score (nSPS) is 20.9. The average molecular weight is 1330 g/mol. The first kappa shape index (κ1) is 64.8. The minimum Gasteiger partial charge on any atom is -0.543 e. The largest absolute Gasteiger partial charge is 0.543 e. The van der Waals surface area contributed by atoms with Crippen LogP contribution in [0.15, 0.2) is 122 Å². The van der Waals surface area contributed by atoms with Crippen molar-refractivity contribution in [1.82, 2.24) is 9.97 Å². The number of halogens is 2. The van der Waals surface area contributed by atoms with Crippen molar-refractivity contribution in [3.05, 3.63) is 168 Å². The Morgan fingerprint density at radius 3 is 1.79 bits per heavy atom. The summed E-state index contributed by atoms with van der Waals surface area (Å²) in [5, 5.41) is 30.6. The van der Waals surface area contributed by atoms with Crippen LogP contribution in [-0.4, -0.2) is 34.1 Å². The Morgan fingerprint density at radius 1 is 0.779 bits per heavy atom. The Labute approximate surface area is 529 Å². The summed E-state index contributed by atoms with van der Waals surface area (Å²) < 4.78 is 14.6. The number of hydrogen-bond acceptors (Lipinski definition) is 8. The summed E-state index contributed by atoms with van der Waals surface area (Å²) in [7, 11) is 2.03. The summed E-state index contributed by atoms with van der Waals surface area (Å²) in [6.07, 6.45) is 36.9. The van der Waals surface area contributed by atoms with Crippen LogP contribution >= 0.6 is 41.3 Å². The number of Topliss-reactive ketones (excluding diaryl/α,β-unsaturated/α-hetero) is 1. The van der Waals surface area contributed by atoms with E-state index in [-0.39, 0.29) is 89.6 Å². The number of nitrogens with one attached hydrogen (secondary N) is 1. The molecule has 398 valence electrons. The fraction of sp³-hybridized carbons (Fsp3) is 0.443. The predicted molar refractivity (Wildman–Crippen MR) is 313 cm³/mol. The van der Waals surface area contributed by atoms with Crippen molar-refractivity contribution in [3.8, 4) is 18.2 Å². The SMILES string of the molecule is CC1(C)OB(C2=CC(C(CC#N)C3CC3)=CC2)OC1(C)C.N#C/C=C(/C1=CCC(Br)=C1)C1CC1.O=C(C1=CCC(Br)=C1)C1CC1.[CH2-]c1c(C)ccnc1[N-]P.[CH2-]c1c(C2=CC(C(CC#N)C3CC3)=CC2)ccnc1[NH-].[Y].[Y]. The molecule has 2 aromatic rings. The predicted octanol–water partition coefficient (Wildman–Crippen LogP) is 16.8. The number of nitriles is 3. The van der Waals surface area contributed by atoms with Crippen molar-refractivity contribution < 1.29 is 79.5 Å². The molecule has 11 rings (SSSR count). The molecule has 2 radical (unpaired) electrons. The van der Waals surface area contributed by atoms with Crippen molar-refractivity contribution in [1.29, 1.82) is 15.8 Å². The molecule has 10 nitrogen and oxygen atoms in total. The van der Waals surface area contributed by atoms with Gasteiger partial charge in [0, 0.05) is 95.8 Å². The molecule has 0 bridgehead atoms. The maximum atomic E-state index is 11.4. The van der Waals surface area contributed by atoms with E-state index in [1.54, 1.807) is 18.5 Å². The van der Waals surface area contributed by atoms with Gasteiger partial charge in [-0.05, 0) is 183 Å². The van der Waals surface area contributed by atoms with Crippen LogP contribution in [-0.2, 0) is 79.5 Å². The zero-order chi connectivity index (χ0) is 54.0. The molecule has 0 spiro atoms. The van der Waals surface area contributed by atoms with Gasteiger partial charge in [-0.2, -0.15) is 58.0 Å². The van der Waals surface area contributed by atoms with Gasteiger partial charge in [0.25, 0.3) is 0 Å². The molecule has 9 aliphatic rings. The van der Waals surface area contributed by atoms with Gasteiger partial charge in [0.15, 0.2) is 5.78 Å². The van der Waals surface area contributed by atoms with Crippen LogP contribution in [0.5, 0.6) is 0 Å². The summed E-state index contributed by atoms with van der Waals surface area (Å²) in [4.78, 5) is 19.4. The number of nitrogens with zero attached hydrogens (tertiary/aromatic N) is 6. The first-order chi connectivity index (χ1) is 35.9. The second-order valence-electron chi connectivity index (χ2n) is 21.7. The Balaban J connectivity index is 0.000000182. The first-order valence-electron chi connectivity index (χ1n) is 26.3. The van der Waals surface area contributed by atoms with Crippen molar-refractivity contribution >= 4 is 71.4 Å². The van der Waals surface area contributed by atoms with Crippen molar-refractivity contribution in [2.24, 2.45) is 35.5 Å². The van der Waals surface area contributed by atoms with E-state index in [0.29, 0.717) is 65.5 Å². The Kier molecular flexibility index (Phi) is 25.0. The van der Waals surface area contributed by atoms with Crippen molar-refractivity contribution in [3.63, 3.8) is 0 Å². The van der Waals surface area contributed by atoms with Gasteiger partial charge in [-0.15, -0.1) is 39.5 Å². The van der Waals surface area contributed by atoms with E-state index < -0.39 is 0 Å².